The summed E-state index contributed by atoms with van der Waals surface area (Å²) >= 11 is 0. The zero-order valence-corrected chi connectivity index (χ0v) is 9.78. The van der Waals surface area contributed by atoms with Crippen LogP contribution in [0.1, 0.15) is 5.56 Å². The van der Waals surface area contributed by atoms with Gasteiger partial charge in [-0.15, -0.1) is 0 Å². The molecule has 1 heterocycles. The number of nitrogens with zero attached hydrogens (tertiary/aromatic N) is 2. The Labute approximate surface area is 104 Å². The van der Waals surface area contributed by atoms with Crippen LogP contribution < -0.4 is 5.56 Å². The summed E-state index contributed by atoms with van der Waals surface area (Å²) in [6.07, 6.45) is 1.61. The molecule has 0 unspecified atom stereocenters. The molecule has 0 amide bonds. The van der Waals surface area contributed by atoms with Crippen molar-refractivity contribution in [2.45, 2.75) is 6.54 Å². The smallest absolute Gasteiger partial charge is 0.261 e. The summed E-state index contributed by atoms with van der Waals surface area (Å²) in [5.74, 6) is 0. The van der Waals surface area contributed by atoms with Gasteiger partial charge in [-0.05, 0) is 17.7 Å². The summed E-state index contributed by atoms with van der Waals surface area (Å²) in [5.41, 5.74) is 1.84. The van der Waals surface area contributed by atoms with Gasteiger partial charge in [0.2, 0.25) is 0 Å². The second-order valence-corrected chi connectivity index (χ2v) is 4.18. The molecule has 0 aliphatic rings. The third-order valence-corrected chi connectivity index (χ3v) is 2.93. The lowest BCUT2D eigenvalue weighted by atomic mass is 10.2. The Morgan fingerprint density at radius 1 is 1.00 bits per heavy atom. The van der Waals surface area contributed by atoms with Gasteiger partial charge in [-0.1, -0.05) is 42.5 Å². The lowest BCUT2D eigenvalue weighted by Crippen LogP contribution is -2.21. The zero-order valence-electron chi connectivity index (χ0n) is 9.78. The van der Waals surface area contributed by atoms with Gasteiger partial charge in [0.15, 0.2) is 0 Å². The van der Waals surface area contributed by atoms with Gasteiger partial charge in [0, 0.05) is 0 Å². The van der Waals surface area contributed by atoms with Gasteiger partial charge in [0.1, 0.15) is 0 Å². The summed E-state index contributed by atoms with van der Waals surface area (Å²) in [5, 5.41) is 0.663. The minimum absolute atomic E-state index is 0.00412. The van der Waals surface area contributed by atoms with Crippen LogP contribution in [-0.4, -0.2) is 9.55 Å². The van der Waals surface area contributed by atoms with E-state index in [1.165, 1.54) is 0 Å². The number of para-hydroxylation sites is 1. The van der Waals surface area contributed by atoms with E-state index in [0.717, 1.165) is 11.1 Å². The molecule has 0 atom stereocenters. The van der Waals surface area contributed by atoms with Crippen molar-refractivity contribution in [1.29, 1.82) is 0 Å². The average Bonchev–Trinajstić information content (AvgIpc) is 2.43. The normalized spacial score (nSPS) is 10.7. The minimum atomic E-state index is 0.00412. The van der Waals surface area contributed by atoms with Crippen molar-refractivity contribution in [3.8, 4) is 0 Å². The minimum Gasteiger partial charge on any atom is -0.294 e. The summed E-state index contributed by atoms with van der Waals surface area (Å²) < 4.78 is 1.64. The van der Waals surface area contributed by atoms with E-state index in [1.54, 1.807) is 10.9 Å². The highest BCUT2D eigenvalue weighted by Crippen LogP contribution is 2.06. The first-order valence-electron chi connectivity index (χ1n) is 5.83. The van der Waals surface area contributed by atoms with E-state index in [1.807, 2.05) is 54.6 Å². The molecule has 0 bridgehead atoms. The molecule has 0 aliphatic carbocycles. The van der Waals surface area contributed by atoms with Crippen molar-refractivity contribution < 1.29 is 0 Å². The molecular formula is C15H12N2O. The number of hydrogen-bond donors (Lipinski definition) is 0. The molecule has 0 saturated heterocycles. The van der Waals surface area contributed by atoms with Gasteiger partial charge in [-0.2, -0.15) is 0 Å². The fraction of sp³-hybridized carbons (Fsp3) is 0.0667. The van der Waals surface area contributed by atoms with Crippen LogP contribution in [0.4, 0.5) is 0 Å². The second kappa shape index (κ2) is 4.45. The predicted molar refractivity (Wildman–Crippen MR) is 71.5 cm³/mol. The Morgan fingerprint density at radius 3 is 2.56 bits per heavy atom. The highest BCUT2D eigenvalue weighted by Gasteiger charge is 2.03. The quantitative estimate of drug-likeness (QED) is 0.687. The lowest BCUT2D eigenvalue weighted by molar-refractivity contribution is 0.748. The molecule has 1 aromatic heterocycles. The highest BCUT2D eigenvalue weighted by atomic mass is 16.3. The monoisotopic (exact) mass is 238 g/mol. The van der Waals surface area contributed by atoms with Gasteiger partial charge in [0.25, 0.3) is 5.56 Å². The number of rotatable bonds is 2. The average molecular weight is 238 g/mol. The molecule has 3 rings (SSSR count). The van der Waals surface area contributed by atoms with Crippen LogP contribution in [0, 0.1) is 0 Å². The second-order valence-electron chi connectivity index (χ2n) is 4.18. The van der Waals surface area contributed by atoms with Crippen LogP contribution in [0.25, 0.3) is 10.9 Å². The molecule has 88 valence electrons. The summed E-state index contributed by atoms with van der Waals surface area (Å²) in [4.78, 5) is 16.6. The number of aromatic nitrogens is 2. The molecule has 0 spiro atoms. The maximum Gasteiger partial charge on any atom is 0.261 e. The summed E-state index contributed by atoms with van der Waals surface area (Å²) in [6, 6.07) is 17.3. The van der Waals surface area contributed by atoms with Crippen LogP contribution in [0.2, 0.25) is 0 Å². The molecule has 0 fully saturated rings. The van der Waals surface area contributed by atoms with Crippen molar-refractivity contribution in [3.63, 3.8) is 0 Å². The molecule has 2 aromatic carbocycles. The first-order chi connectivity index (χ1) is 8.84. The molecule has 3 nitrogen and oxygen atoms in total. The lowest BCUT2D eigenvalue weighted by Gasteiger charge is -2.06. The van der Waals surface area contributed by atoms with Crippen molar-refractivity contribution in [3.05, 3.63) is 76.8 Å². The maximum absolute atomic E-state index is 12.3. The SMILES string of the molecule is O=[14c]1c2ccccc2ncn1Cc1ccccc1. The molecular weight excluding hydrogens is 226 g/mol. The van der Waals surface area contributed by atoms with E-state index in [4.69, 9.17) is 0 Å². The van der Waals surface area contributed by atoms with Crippen LogP contribution in [0.5, 0.6) is 0 Å². The van der Waals surface area contributed by atoms with Crippen molar-refractivity contribution in [2.75, 3.05) is 0 Å². The van der Waals surface area contributed by atoms with E-state index in [2.05, 4.69) is 4.98 Å². The number of benzene rings is 2. The molecule has 0 N–H and O–H groups in total. The standard InChI is InChI=1S/C15H12N2O/c18-15-13-8-4-5-9-14(13)16-11-17(15)10-12-6-2-1-3-7-12/h1-9,11H,10H2/i15+2. The molecule has 3 aromatic rings. The Hall–Kier alpha value is -2.42. The van der Waals surface area contributed by atoms with E-state index >= 15 is 0 Å². The molecule has 0 aliphatic heterocycles. The third kappa shape index (κ3) is 1.91. The zero-order chi connectivity index (χ0) is 12.4. The van der Waals surface area contributed by atoms with Crippen molar-refractivity contribution in [2.24, 2.45) is 0 Å². The first kappa shape index (κ1) is 10.7. The molecule has 0 saturated carbocycles. The van der Waals surface area contributed by atoms with Gasteiger partial charge >= 0.3 is 0 Å². The Morgan fingerprint density at radius 2 is 1.72 bits per heavy atom. The van der Waals surface area contributed by atoms with Crippen LogP contribution in [0.15, 0.2) is 65.7 Å². The molecule has 0 radical (unpaired) electrons. The van der Waals surface area contributed by atoms with E-state index in [-0.39, 0.29) is 5.56 Å². The van der Waals surface area contributed by atoms with E-state index in [0.29, 0.717) is 11.9 Å². The van der Waals surface area contributed by atoms with Crippen molar-refractivity contribution in [1.82, 2.24) is 9.55 Å². The van der Waals surface area contributed by atoms with E-state index < -0.39 is 0 Å². The van der Waals surface area contributed by atoms with Gasteiger partial charge in [-0.3, -0.25) is 9.36 Å². The fourth-order valence-electron chi connectivity index (χ4n) is 2.00. The van der Waals surface area contributed by atoms with Gasteiger partial charge in [-0.25, -0.2) is 4.98 Å². The number of hydrogen-bond acceptors (Lipinski definition) is 2. The highest BCUT2D eigenvalue weighted by molar-refractivity contribution is 5.76. The topological polar surface area (TPSA) is 34.9 Å². The summed E-state index contributed by atoms with van der Waals surface area (Å²) in [6.45, 7) is 0.553. The number of fused-ring (bicyclic) bond motifs is 1. The largest absolute Gasteiger partial charge is 0.294 e. The van der Waals surface area contributed by atoms with E-state index in [9.17, 15) is 4.79 Å². The maximum atomic E-state index is 12.3. The Bertz CT molecular complexity index is 732. The first-order valence-corrected chi connectivity index (χ1v) is 5.83. The Balaban J connectivity index is 2.08. The Kier molecular flexibility index (Phi) is 2.65. The van der Waals surface area contributed by atoms with Crippen LogP contribution in [-0.2, 0) is 6.54 Å². The van der Waals surface area contributed by atoms with Crippen molar-refractivity contribution >= 4 is 10.9 Å². The third-order valence-electron chi connectivity index (χ3n) is 2.93. The van der Waals surface area contributed by atoms with Crippen LogP contribution >= 0.6 is 0 Å². The predicted octanol–water partition coefficient (Wildman–Crippen LogP) is 2.44. The van der Waals surface area contributed by atoms with Crippen LogP contribution in [0.3, 0.4) is 0 Å². The molecule has 3 heteroatoms. The van der Waals surface area contributed by atoms with Gasteiger partial charge in [0.05, 0.1) is 23.8 Å². The summed E-state index contributed by atoms with van der Waals surface area (Å²) in [7, 11) is 0. The molecule has 18 heavy (non-hydrogen) atoms. The van der Waals surface area contributed by atoms with Gasteiger partial charge < -0.3 is 0 Å². The fourth-order valence-corrected chi connectivity index (χ4v) is 2.00.